The Morgan fingerprint density at radius 1 is 1.41 bits per heavy atom. The fourth-order valence-electron chi connectivity index (χ4n) is 2.35. The van der Waals surface area contributed by atoms with Gasteiger partial charge in [-0.15, -0.1) is 0 Å². The second kappa shape index (κ2) is 4.67. The van der Waals surface area contributed by atoms with Crippen LogP contribution >= 0.6 is 0 Å². The maximum absolute atomic E-state index is 5.47. The average Bonchev–Trinajstić information content (AvgIpc) is 2.86. The summed E-state index contributed by atoms with van der Waals surface area (Å²) in [4.78, 5) is 8.32. The molecule has 2 aromatic heterocycles. The molecule has 1 aliphatic rings. The van der Waals surface area contributed by atoms with Crippen LogP contribution in [0.4, 0.5) is 0 Å². The molecule has 0 bridgehead atoms. The molecule has 0 aliphatic heterocycles. The first-order valence-corrected chi connectivity index (χ1v) is 5.98. The first-order valence-electron chi connectivity index (χ1n) is 5.98. The van der Waals surface area contributed by atoms with Gasteiger partial charge in [-0.3, -0.25) is 9.97 Å². The van der Waals surface area contributed by atoms with Crippen LogP contribution in [0.1, 0.15) is 35.9 Å². The molecule has 0 saturated heterocycles. The van der Waals surface area contributed by atoms with E-state index in [4.69, 9.17) is 4.42 Å². The molecule has 17 heavy (non-hydrogen) atoms. The van der Waals surface area contributed by atoms with Gasteiger partial charge in [-0.2, -0.15) is 0 Å². The van der Waals surface area contributed by atoms with Crippen molar-refractivity contribution in [2.45, 2.75) is 31.8 Å². The molecule has 1 atom stereocenters. The molecule has 1 aliphatic carbocycles. The van der Waals surface area contributed by atoms with E-state index < -0.39 is 0 Å². The van der Waals surface area contributed by atoms with E-state index in [9.17, 15) is 0 Å². The highest BCUT2D eigenvalue weighted by Crippen LogP contribution is 2.30. The predicted octanol–water partition coefficient (Wildman–Crippen LogP) is 2.24. The zero-order valence-electron chi connectivity index (χ0n) is 9.60. The molecule has 4 heteroatoms. The maximum atomic E-state index is 5.47. The third kappa shape index (κ3) is 2.22. The summed E-state index contributed by atoms with van der Waals surface area (Å²) in [5.74, 6) is 1.13. The third-order valence-corrected chi connectivity index (χ3v) is 3.20. The van der Waals surface area contributed by atoms with E-state index in [2.05, 4.69) is 21.4 Å². The van der Waals surface area contributed by atoms with Crippen LogP contribution in [-0.2, 0) is 13.0 Å². The quantitative estimate of drug-likeness (QED) is 0.877. The average molecular weight is 229 g/mol. The van der Waals surface area contributed by atoms with Crippen molar-refractivity contribution in [3.63, 3.8) is 0 Å². The molecular weight excluding hydrogens is 214 g/mol. The summed E-state index contributed by atoms with van der Waals surface area (Å²) < 4.78 is 5.47. The Kier molecular flexibility index (Phi) is 2.88. The lowest BCUT2D eigenvalue weighted by Gasteiger charge is -2.22. The fourth-order valence-corrected chi connectivity index (χ4v) is 2.35. The number of nitrogens with one attached hydrogen (secondary N) is 1. The lowest BCUT2D eigenvalue weighted by molar-refractivity contribution is 0.409. The summed E-state index contributed by atoms with van der Waals surface area (Å²) in [6.07, 6.45) is 10.4. The lowest BCUT2D eigenvalue weighted by Crippen LogP contribution is -2.24. The maximum Gasteiger partial charge on any atom is 0.108 e. The van der Waals surface area contributed by atoms with Crippen LogP contribution in [0.3, 0.4) is 0 Å². The van der Waals surface area contributed by atoms with Crippen LogP contribution < -0.4 is 5.32 Å². The highest BCUT2D eigenvalue weighted by Gasteiger charge is 2.21. The molecule has 2 aromatic rings. The zero-order chi connectivity index (χ0) is 11.5. The van der Waals surface area contributed by atoms with Crippen LogP contribution in [0.25, 0.3) is 0 Å². The molecule has 1 unspecified atom stereocenters. The second-order valence-corrected chi connectivity index (χ2v) is 4.32. The Balaban J connectivity index is 1.68. The minimum atomic E-state index is 0.388. The summed E-state index contributed by atoms with van der Waals surface area (Å²) in [7, 11) is 0. The molecule has 0 aromatic carbocycles. The Hall–Kier alpha value is -1.68. The summed E-state index contributed by atoms with van der Waals surface area (Å²) in [6, 6.07) is 2.46. The highest BCUT2D eigenvalue weighted by molar-refractivity contribution is 5.24. The fraction of sp³-hybridized carbons (Fsp3) is 0.385. The molecule has 88 valence electrons. The third-order valence-electron chi connectivity index (χ3n) is 3.20. The molecule has 0 saturated carbocycles. The van der Waals surface area contributed by atoms with Gasteiger partial charge in [0.05, 0.1) is 12.0 Å². The minimum Gasteiger partial charge on any atom is -0.469 e. The second-order valence-electron chi connectivity index (χ2n) is 4.32. The Morgan fingerprint density at radius 3 is 3.29 bits per heavy atom. The number of furan rings is 1. The Labute approximate surface area is 100 Å². The predicted molar refractivity (Wildman–Crippen MR) is 63.3 cm³/mol. The number of rotatable bonds is 3. The van der Waals surface area contributed by atoms with Crippen molar-refractivity contribution in [3.05, 3.63) is 47.9 Å². The molecule has 1 N–H and O–H groups in total. The largest absolute Gasteiger partial charge is 0.469 e. The van der Waals surface area contributed by atoms with Crippen LogP contribution in [0.5, 0.6) is 0 Å². The normalized spacial score (nSPS) is 18.9. The van der Waals surface area contributed by atoms with Crippen LogP contribution in [-0.4, -0.2) is 9.97 Å². The van der Waals surface area contributed by atoms with E-state index in [0.717, 1.165) is 30.8 Å². The van der Waals surface area contributed by atoms with Gasteiger partial charge in [0.1, 0.15) is 5.76 Å². The van der Waals surface area contributed by atoms with Crippen molar-refractivity contribution >= 4 is 0 Å². The van der Waals surface area contributed by atoms with E-state index in [-0.39, 0.29) is 0 Å². The topological polar surface area (TPSA) is 51.0 Å². The molecule has 3 rings (SSSR count). The van der Waals surface area contributed by atoms with Crippen molar-refractivity contribution in [1.82, 2.24) is 15.3 Å². The van der Waals surface area contributed by atoms with Crippen molar-refractivity contribution in [3.8, 4) is 0 Å². The van der Waals surface area contributed by atoms with Gasteiger partial charge in [0.2, 0.25) is 0 Å². The number of aryl methyl sites for hydroxylation is 1. The first kappa shape index (κ1) is 10.5. The molecule has 0 amide bonds. The Bertz CT molecular complexity index is 480. The number of nitrogens with zero attached hydrogens (tertiary/aromatic N) is 2. The van der Waals surface area contributed by atoms with Gasteiger partial charge in [0.25, 0.3) is 0 Å². The number of aromatic nitrogens is 2. The Morgan fingerprint density at radius 2 is 2.41 bits per heavy atom. The molecule has 0 fully saturated rings. The summed E-state index contributed by atoms with van der Waals surface area (Å²) >= 11 is 0. The molecule has 4 nitrogen and oxygen atoms in total. The van der Waals surface area contributed by atoms with Gasteiger partial charge >= 0.3 is 0 Å². The minimum absolute atomic E-state index is 0.388. The van der Waals surface area contributed by atoms with E-state index in [0.29, 0.717) is 6.04 Å². The first-order chi connectivity index (χ1) is 8.43. The van der Waals surface area contributed by atoms with Gasteiger partial charge in [0.15, 0.2) is 0 Å². The van der Waals surface area contributed by atoms with Gasteiger partial charge in [-0.25, -0.2) is 0 Å². The number of hydrogen-bond acceptors (Lipinski definition) is 4. The summed E-state index contributed by atoms with van der Waals surface area (Å²) in [6.45, 7) is 0.753. The van der Waals surface area contributed by atoms with Gasteiger partial charge in [-0.1, -0.05) is 0 Å². The number of fused-ring (bicyclic) bond motifs is 1. The molecule has 2 heterocycles. The molecule has 0 radical (unpaired) electrons. The molecule has 0 spiro atoms. The van der Waals surface area contributed by atoms with E-state index >= 15 is 0 Å². The van der Waals surface area contributed by atoms with E-state index in [1.807, 2.05) is 0 Å². The molecular formula is C13H15N3O. The number of hydrogen-bond donors (Lipinski definition) is 1. The standard InChI is InChI=1S/C13H15N3O/c1-2-12(11-4-7-17-13(11)3-1)16-9-10-8-14-5-6-15-10/h4-8,12,16H,1-3,9H2. The van der Waals surface area contributed by atoms with Gasteiger partial charge in [0, 0.05) is 43.2 Å². The van der Waals surface area contributed by atoms with Crippen molar-refractivity contribution in [2.75, 3.05) is 0 Å². The van der Waals surface area contributed by atoms with Gasteiger partial charge in [-0.05, 0) is 18.9 Å². The van der Waals surface area contributed by atoms with Crippen LogP contribution in [0.2, 0.25) is 0 Å². The smallest absolute Gasteiger partial charge is 0.108 e. The van der Waals surface area contributed by atoms with Crippen LogP contribution in [0, 0.1) is 0 Å². The summed E-state index contributed by atoms with van der Waals surface area (Å²) in [5, 5.41) is 3.52. The van der Waals surface area contributed by atoms with Crippen LogP contribution in [0.15, 0.2) is 35.3 Å². The lowest BCUT2D eigenvalue weighted by atomic mass is 9.93. The van der Waals surface area contributed by atoms with Gasteiger partial charge < -0.3 is 9.73 Å². The zero-order valence-corrected chi connectivity index (χ0v) is 9.60. The SMILES string of the molecule is c1cnc(CNC2CCCc3occc32)cn1. The van der Waals surface area contributed by atoms with E-state index in [1.165, 1.54) is 12.0 Å². The van der Waals surface area contributed by atoms with Crippen molar-refractivity contribution in [2.24, 2.45) is 0 Å². The van der Waals surface area contributed by atoms with Crippen molar-refractivity contribution in [1.29, 1.82) is 0 Å². The van der Waals surface area contributed by atoms with Crippen molar-refractivity contribution < 1.29 is 4.42 Å². The monoisotopic (exact) mass is 229 g/mol. The summed E-state index contributed by atoms with van der Waals surface area (Å²) in [5.41, 5.74) is 2.28. The highest BCUT2D eigenvalue weighted by atomic mass is 16.3. The van der Waals surface area contributed by atoms with E-state index in [1.54, 1.807) is 24.9 Å².